The molecule has 9 heteroatoms. The van der Waals surface area contributed by atoms with Crippen molar-refractivity contribution in [3.63, 3.8) is 0 Å². The molecule has 0 rings (SSSR count). The van der Waals surface area contributed by atoms with Crippen molar-refractivity contribution < 1.29 is 27.7 Å². The van der Waals surface area contributed by atoms with Gasteiger partial charge in [0.15, 0.2) is 0 Å². The van der Waals surface area contributed by atoms with Gasteiger partial charge in [0, 0.05) is 40.4 Å². The Balaban J connectivity index is 5.19. The summed E-state index contributed by atoms with van der Waals surface area (Å²) in [7, 11) is -3.89. The third kappa shape index (κ3) is 8.48. The summed E-state index contributed by atoms with van der Waals surface area (Å²) in [5.74, 6) is -2.03. The summed E-state index contributed by atoms with van der Waals surface area (Å²) >= 11 is 0. The van der Waals surface area contributed by atoms with Gasteiger partial charge in [-0.3, -0.25) is 14.4 Å². The summed E-state index contributed by atoms with van der Waals surface area (Å²) < 4.78 is 15.6. The first-order chi connectivity index (χ1) is 10.8. The predicted molar refractivity (Wildman–Crippen MR) is 86.2 cm³/mol. The maximum absolute atomic E-state index is 11.4. The van der Waals surface area contributed by atoms with Crippen LogP contribution in [0.1, 0.15) is 34.1 Å². The van der Waals surface area contributed by atoms with Gasteiger partial charge < -0.3 is 23.9 Å². The van der Waals surface area contributed by atoms with Crippen molar-refractivity contribution in [1.29, 1.82) is 0 Å². The second-order valence-electron chi connectivity index (χ2n) is 4.79. The lowest BCUT2D eigenvalue weighted by Gasteiger charge is -2.32. The first kappa shape index (κ1) is 21.3. The number of rotatable bonds is 11. The molecule has 0 aromatic heterocycles. The van der Waals surface area contributed by atoms with Gasteiger partial charge in [0.1, 0.15) is 5.67 Å². The van der Waals surface area contributed by atoms with Crippen molar-refractivity contribution in [2.24, 2.45) is 0 Å². The highest BCUT2D eigenvalue weighted by Gasteiger charge is 2.58. The molecule has 0 radical (unpaired) electrons. The molecule has 0 aliphatic rings. The highest BCUT2D eigenvalue weighted by molar-refractivity contribution is 6.67. The van der Waals surface area contributed by atoms with E-state index in [9.17, 15) is 14.4 Å². The van der Waals surface area contributed by atoms with E-state index >= 15 is 0 Å². The fourth-order valence-electron chi connectivity index (χ4n) is 1.94. The van der Waals surface area contributed by atoms with Gasteiger partial charge >= 0.3 is 8.80 Å². The molecule has 1 unspecified atom stereocenters. The number of hydrogen-bond acceptors (Lipinski definition) is 8. The Morgan fingerprint density at radius 1 is 1.04 bits per heavy atom. The van der Waals surface area contributed by atoms with Crippen LogP contribution in [-0.2, 0) is 27.7 Å². The number of carbonyl (C=O) groups excluding carboxylic acids is 3. The fraction of sp³-hybridized carbons (Fsp3) is 0.643. The van der Waals surface area contributed by atoms with Gasteiger partial charge in [0.25, 0.3) is 17.9 Å². The first-order valence-electron chi connectivity index (χ1n) is 7.41. The Bertz CT molecular complexity index is 389. The summed E-state index contributed by atoms with van der Waals surface area (Å²) in [6.07, 6.45) is 2.18. The second-order valence-corrected chi connectivity index (χ2v) is 7.31. The van der Waals surface area contributed by atoms with Crippen molar-refractivity contribution in [2.75, 3.05) is 19.6 Å². The molecule has 8 nitrogen and oxygen atoms in total. The normalized spacial score (nSPS) is 12.2. The molecule has 0 fully saturated rings. The molecule has 0 aromatic rings. The lowest BCUT2D eigenvalue weighted by atomic mass is 10.4. The molecule has 0 aromatic carbocycles. The van der Waals surface area contributed by atoms with Crippen LogP contribution in [0.4, 0.5) is 0 Å². The quantitative estimate of drug-likeness (QED) is 0.313. The standard InChI is InChI=1S/C14H26N2O6Si/c1-6-8-15-9-10-16-14(7-2)23(20-11(3)17,21-12(4)18)22-13(5)19/h6,14-16H,1,7-10H2,2-5H3. The summed E-state index contributed by atoms with van der Waals surface area (Å²) in [5, 5.41) is 6.22. The highest BCUT2D eigenvalue weighted by Crippen LogP contribution is 2.19. The van der Waals surface area contributed by atoms with Gasteiger partial charge in [-0.2, -0.15) is 0 Å². The average Bonchev–Trinajstić information content (AvgIpc) is 2.40. The SMILES string of the molecule is C=CCNCCNC(CC)[Si](OC(C)=O)(OC(C)=O)OC(C)=O. The molecule has 1 atom stereocenters. The average molecular weight is 346 g/mol. The van der Waals surface area contributed by atoms with Gasteiger partial charge in [-0.25, -0.2) is 0 Å². The summed E-state index contributed by atoms with van der Waals surface area (Å²) in [6.45, 7) is 10.7. The van der Waals surface area contributed by atoms with E-state index in [0.29, 0.717) is 26.1 Å². The van der Waals surface area contributed by atoms with Crippen molar-refractivity contribution in [3.05, 3.63) is 12.7 Å². The van der Waals surface area contributed by atoms with E-state index in [0.717, 1.165) is 0 Å². The molecule has 23 heavy (non-hydrogen) atoms. The van der Waals surface area contributed by atoms with Crippen LogP contribution in [0, 0.1) is 0 Å². The lowest BCUT2D eigenvalue weighted by molar-refractivity contribution is -0.148. The Labute approximate surface area is 137 Å². The monoisotopic (exact) mass is 346 g/mol. The van der Waals surface area contributed by atoms with E-state index in [1.807, 2.05) is 6.92 Å². The van der Waals surface area contributed by atoms with E-state index < -0.39 is 32.4 Å². The van der Waals surface area contributed by atoms with E-state index in [1.54, 1.807) is 6.08 Å². The molecule has 0 aliphatic heterocycles. The summed E-state index contributed by atoms with van der Waals surface area (Å²) in [6, 6.07) is 0. The molecule has 0 saturated heterocycles. The Kier molecular flexibility index (Phi) is 10.1. The van der Waals surface area contributed by atoms with Crippen LogP contribution in [0.15, 0.2) is 12.7 Å². The maximum atomic E-state index is 11.4. The minimum Gasteiger partial charge on any atom is -0.454 e. The molecule has 0 spiro atoms. The highest BCUT2D eigenvalue weighted by atomic mass is 28.4. The third-order valence-corrected chi connectivity index (χ3v) is 5.86. The zero-order valence-electron chi connectivity index (χ0n) is 14.1. The lowest BCUT2D eigenvalue weighted by Crippen LogP contribution is -2.64. The van der Waals surface area contributed by atoms with Crippen LogP contribution in [0.2, 0.25) is 0 Å². The van der Waals surface area contributed by atoms with Gasteiger partial charge in [0.05, 0.1) is 0 Å². The van der Waals surface area contributed by atoms with Crippen LogP contribution in [0.5, 0.6) is 0 Å². The summed E-state index contributed by atoms with van der Waals surface area (Å²) in [5.41, 5.74) is -0.579. The first-order valence-corrected chi connectivity index (χ1v) is 9.21. The number of carbonyl (C=O) groups is 3. The van der Waals surface area contributed by atoms with Crippen LogP contribution < -0.4 is 10.6 Å². The molecule has 0 amide bonds. The van der Waals surface area contributed by atoms with E-state index in [2.05, 4.69) is 17.2 Å². The van der Waals surface area contributed by atoms with Crippen molar-refractivity contribution in [3.8, 4) is 0 Å². The van der Waals surface area contributed by atoms with Crippen LogP contribution in [0.25, 0.3) is 0 Å². The van der Waals surface area contributed by atoms with Gasteiger partial charge in [-0.05, 0) is 6.42 Å². The van der Waals surface area contributed by atoms with Crippen LogP contribution in [0.3, 0.4) is 0 Å². The van der Waals surface area contributed by atoms with E-state index in [1.165, 1.54) is 20.8 Å². The minimum atomic E-state index is -3.89. The molecule has 0 bridgehead atoms. The maximum Gasteiger partial charge on any atom is 0.723 e. The zero-order chi connectivity index (χ0) is 17.9. The smallest absolute Gasteiger partial charge is 0.454 e. The van der Waals surface area contributed by atoms with Crippen LogP contribution >= 0.6 is 0 Å². The topological polar surface area (TPSA) is 103 Å². The van der Waals surface area contributed by atoms with E-state index in [4.69, 9.17) is 13.3 Å². The van der Waals surface area contributed by atoms with Gasteiger partial charge in [-0.15, -0.1) is 6.58 Å². The fourth-order valence-corrected chi connectivity index (χ4v) is 4.58. The molecule has 0 aliphatic carbocycles. The Hall–Kier alpha value is -1.71. The number of nitrogens with one attached hydrogen (secondary N) is 2. The van der Waals surface area contributed by atoms with Gasteiger partial charge in [-0.1, -0.05) is 13.0 Å². The van der Waals surface area contributed by atoms with Crippen molar-refractivity contribution in [1.82, 2.24) is 10.6 Å². The molecule has 2 N–H and O–H groups in total. The Morgan fingerprint density at radius 3 is 1.87 bits per heavy atom. The van der Waals surface area contributed by atoms with Gasteiger partial charge in [0.2, 0.25) is 0 Å². The van der Waals surface area contributed by atoms with Crippen LogP contribution in [-0.4, -0.2) is 52.0 Å². The largest absolute Gasteiger partial charge is 0.723 e. The summed E-state index contributed by atoms with van der Waals surface area (Å²) in [4.78, 5) is 34.3. The minimum absolute atomic E-state index is 0.446. The van der Waals surface area contributed by atoms with E-state index in [-0.39, 0.29) is 0 Å². The third-order valence-electron chi connectivity index (χ3n) is 2.67. The van der Waals surface area contributed by atoms with Crippen molar-refractivity contribution in [2.45, 2.75) is 39.8 Å². The molecule has 132 valence electrons. The zero-order valence-corrected chi connectivity index (χ0v) is 15.1. The molecule has 0 heterocycles. The second kappa shape index (κ2) is 10.9. The molecular weight excluding hydrogens is 320 g/mol. The Morgan fingerprint density at radius 2 is 1.52 bits per heavy atom. The predicted octanol–water partition coefficient (Wildman–Crippen LogP) is 0.298. The number of hydrogen-bond donors (Lipinski definition) is 2. The van der Waals surface area contributed by atoms with Crippen molar-refractivity contribution >= 4 is 26.7 Å². The molecule has 0 saturated carbocycles. The molecular formula is C14H26N2O6Si.